The number of thiazole rings is 1. The molecular formula is C27H24Br2N2O5S. The molecular weight excluding hydrogens is 624 g/mol. The van der Waals surface area contributed by atoms with E-state index in [1.165, 1.54) is 11.3 Å². The first-order valence-electron chi connectivity index (χ1n) is 11.3. The molecule has 0 unspecified atom stereocenters. The molecule has 0 spiro atoms. The van der Waals surface area contributed by atoms with E-state index in [4.69, 9.17) is 14.2 Å². The Hall–Kier alpha value is -2.95. The van der Waals surface area contributed by atoms with E-state index < -0.39 is 12.0 Å². The van der Waals surface area contributed by atoms with Crippen molar-refractivity contribution in [1.82, 2.24) is 4.57 Å². The molecule has 0 saturated carbocycles. The zero-order valence-corrected chi connectivity index (χ0v) is 24.4. The number of esters is 1. The van der Waals surface area contributed by atoms with Crippen LogP contribution in [0.2, 0.25) is 0 Å². The predicted molar refractivity (Wildman–Crippen MR) is 151 cm³/mol. The van der Waals surface area contributed by atoms with Gasteiger partial charge < -0.3 is 14.2 Å². The molecule has 2 heterocycles. The number of rotatable bonds is 8. The Bertz CT molecular complexity index is 1590. The van der Waals surface area contributed by atoms with E-state index in [9.17, 15) is 9.59 Å². The van der Waals surface area contributed by atoms with Crippen molar-refractivity contribution in [3.63, 3.8) is 0 Å². The van der Waals surface area contributed by atoms with Crippen LogP contribution in [0.3, 0.4) is 0 Å². The van der Waals surface area contributed by atoms with E-state index in [2.05, 4.69) is 43.4 Å². The first-order chi connectivity index (χ1) is 17.8. The molecule has 1 aromatic heterocycles. The molecule has 0 amide bonds. The third-order valence-electron chi connectivity index (χ3n) is 5.62. The lowest BCUT2D eigenvalue weighted by Crippen LogP contribution is -2.39. The third kappa shape index (κ3) is 5.51. The summed E-state index contributed by atoms with van der Waals surface area (Å²) in [6.07, 6.45) is 3.47. The molecule has 1 aliphatic rings. The summed E-state index contributed by atoms with van der Waals surface area (Å²) in [4.78, 5) is 31.9. The summed E-state index contributed by atoms with van der Waals surface area (Å²) in [5, 5.41) is 0. The highest BCUT2D eigenvalue weighted by Gasteiger charge is 2.33. The molecule has 0 fully saturated rings. The van der Waals surface area contributed by atoms with Crippen molar-refractivity contribution in [2.45, 2.75) is 19.9 Å². The Morgan fingerprint density at radius 3 is 2.57 bits per heavy atom. The Kier molecular flexibility index (Phi) is 8.51. The number of halogens is 2. The minimum atomic E-state index is -0.707. The third-order valence-corrected chi connectivity index (χ3v) is 7.84. The number of allylic oxidation sites excluding steroid dienone is 1. The van der Waals surface area contributed by atoms with Gasteiger partial charge in [0.1, 0.15) is 18.1 Å². The summed E-state index contributed by atoms with van der Waals surface area (Å²) in [5.41, 5.74) is 2.12. The Morgan fingerprint density at radius 1 is 1.19 bits per heavy atom. The van der Waals surface area contributed by atoms with Gasteiger partial charge in [0, 0.05) is 0 Å². The van der Waals surface area contributed by atoms with Gasteiger partial charge in [0.2, 0.25) is 0 Å². The molecule has 0 radical (unpaired) electrons. The van der Waals surface area contributed by atoms with Crippen LogP contribution in [-0.2, 0) is 9.53 Å². The van der Waals surface area contributed by atoms with Crippen LogP contribution >= 0.6 is 43.2 Å². The number of hydrogen-bond acceptors (Lipinski definition) is 7. The zero-order valence-electron chi connectivity index (χ0n) is 20.4. The van der Waals surface area contributed by atoms with Gasteiger partial charge >= 0.3 is 5.97 Å². The van der Waals surface area contributed by atoms with Crippen molar-refractivity contribution in [2.24, 2.45) is 4.99 Å². The molecule has 7 nitrogen and oxygen atoms in total. The van der Waals surface area contributed by atoms with Crippen molar-refractivity contribution >= 4 is 55.2 Å². The van der Waals surface area contributed by atoms with Crippen LogP contribution in [0.5, 0.6) is 11.5 Å². The average Bonchev–Trinajstić information content (AvgIpc) is 3.16. The second-order valence-electron chi connectivity index (χ2n) is 7.99. The Morgan fingerprint density at radius 2 is 1.92 bits per heavy atom. The van der Waals surface area contributed by atoms with Gasteiger partial charge in [0.25, 0.3) is 5.56 Å². The summed E-state index contributed by atoms with van der Waals surface area (Å²) < 4.78 is 19.8. The predicted octanol–water partition coefficient (Wildman–Crippen LogP) is 4.90. The normalized spacial score (nSPS) is 15.2. The number of carbonyl (C=O) groups is 1. The fourth-order valence-corrected chi connectivity index (χ4v) is 6.10. The minimum absolute atomic E-state index is 0.209. The molecule has 37 heavy (non-hydrogen) atoms. The highest BCUT2D eigenvalue weighted by molar-refractivity contribution is 9.10. The number of methoxy groups -OCH3 is 1. The Balaban J connectivity index is 1.88. The van der Waals surface area contributed by atoms with Crippen LogP contribution in [0.4, 0.5) is 0 Å². The number of carbonyl (C=O) groups excluding carboxylic acids is 1. The fraction of sp³-hybridized carbons (Fsp3) is 0.222. The molecule has 192 valence electrons. The largest absolute Gasteiger partial charge is 0.496 e. The SMILES string of the molecule is C=CCOc1ccc(/C=c2/sc3n(c2=O)[C@H](c2ccc(OC)c(Br)c2)C(C(=O)OCC)=C(C)N=3)cc1Br. The number of benzene rings is 2. The van der Waals surface area contributed by atoms with Gasteiger partial charge in [0.15, 0.2) is 4.80 Å². The zero-order chi connectivity index (χ0) is 26.7. The molecule has 4 rings (SSSR count). The lowest BCUT2D eigenvalue weighted by Gasteiger charge is -2.25. The van der Waals surface area contributed by atoms with Crippen LogP contribution in [0.15, 0.2) is 79.1 Å². The van der Waals surface area contributed by atoms with Crippen molar-refractivity contribution < 1.29 is 19.0 Å². The van der Waals surface area contributed by atoms with E-state index >= 15 is 0 Å². The van der Waals surface area contributed by atoms with E-state index in [0.29, 0.717) is 43.2 Å². The summed E-state index contributed by atoms with van der Waals surface area (Å²) >= 11 is 8.31. The molecule has 3 aromatic rings. The van der Waals surface area contributed by atoms with Crippen LogP contribution in [0.1, 0.15) is 31.0 Å². The van der Waals surface area contributed by atoms with Crippen molar-refractivity contribution in [3.8, 4) is 11.5 Å². The van der Waals surface area contributed by atoms with Gasteiger partial charge in [-0.15, -0.1) is 0 Å². The van der Waals surface area contributed by atoms with Crippen molar-refractivity contribution in [1.29, 1.82) is 0 Å². The van der Waals surface area contributed by atoms with Crippen LogP contribution < -0.4 is 24.4 Å². The van der Waals surface area contributed by atoms with Gasteiger partial charge in [-0.1, -0.05) is 36.1 Å². The quantitative estimate of drug-likeness (QED) is 0.257. The van der Waals surface area contributed by atoms with Crippen LogP contribution in [0.25, 0.3) is 6.08 Å². The summed E-state index contributed by atoms with van der Waals surface area (Å²) in [5.74, 6) is 0.813. The maximum atomic E-state index is 13.8. The van der Waals surface area contributed by atoms with E-state index in [-0.39, 0.29) is 12.2 Å². The summed E-state index contributed by atoms with van der Waals surface area (Å²) in [7, 11) is 1.58. The maximum absolute atomic E-state index is 13.8. The maximum Gasteiger partial charge on any atom is 0.338 e. The topological polar surface area (TPSA) is 79.1 Å². The molecule has 10 heteroatoms. The number of hydrogen-bond donors (Lipinski definition) is 0. The molecule has 1 aliphatic heterocycles. The number of fused-ring (bicyclic) bond motifs is 1. The number of nitrogens with zero attached hydrogens (tertiary/aromatic N) is 2. The number of aromatic nitrogens is 1. The smallest absolute Gasteiger partial charge is 0.338 e. The summed E-state index contributed by atoms with van der Waals surface area (Å²) in [6, 6.07) is 10.3. The van der Waals surface area contributed by atoms with E-state index in [1.807, 2.05) is 30.3 Å². The van der Waals surface area contributed by atoms with Crippen molar-refractivity contribution in [2.75, 3.05) is 20.3 Å². The first kappa shape index (κ1) is 27.1. The highest BCUT2D eigenvalue weighted by atomic mass is 79.9. The minimum Gasteiger partial charge on any atom is -0.496 e. The fourth-order valence-electron chi connectivity index (χ4n) is 3.98. The molecule has 0 bridgehead atoms. The van der Waals surface area contributed by atoms with Gasteiger partial charge in [-0.2, -0.15) is 0 Å². The second kappa shape index (κ2) is 11.6. The van der Waals surface area contributed by atoms with Crippen molar-refractivity contribution in [3.05, 3.63) is 100 Å². The van der Waals surface area contributed by atoms with E-state index in [0.717, 1.165) is 15.6 Å². The highest BCUT2D eigenvalue weighted by Crippen LogP contribution is 2.35. The number of ether oxygens (including phenoxy) is 3. The molecule has 0 aliphatic carbocycles. The average molecular weight is 648 g/mol. The monoisotopic (exact) mass is 646 g/mol. The second-order valence-corrected chi connectivity index (χ2v) is 10.7. The van der Waals surface area contributed by atoms with Gasteiger partial charge in [-0.25, -0.2) is 9.79 Å². The molecule has 1 atom stereocenters. The molecule has 2 aromatic carbocycles. The molecule has 0 N–H and O–H groups in total. The lowest BCUT2D eigenvalue weighted by molar-refractivity contribution is -0.139. The van der Waals surface area contributed by atoms with Gasteiger partial charge in [-0.05, 0) is 87.2 Å². The molecule has 0 saturated heterocycles. The van der Waals surface area contributed by atoms with Crippen LogP contribution in [0, 0.1) is 0 Å². The first-order valence-corrected chi connectivity index (χ1v) is 13.8. The van der Waals surface area contributed by atoms with Gasteiger partial charge in [-0.3, -0.25) is 9.36 Å². The Labute approximate surface area is 234 Å². The van der Waals surface area contributed by atoms with E-state index in [1.54, 1.807) is 43.7 Å². The standard InChI is InChI=1S/C27H24Br2N2O5S/c1-5-11-36-21-9-7-16(12-18(21)28)13-22-25(32)31-24(17-8-10-20(34-4)19(29)14-17)23(26(33)35-6-2)15(3)30-27(31)37-22/h5,7-10,12-14,24H,1,6,11H2,2-4H3/b22-13+/t24-/m1/s1. The van der Waals surface area contributed by atoms with Crippen LogP contribution in [-0.4, -0.2) is 30.9 Å². The summed E-state index contributed by atoms with van der Waals surface area (Å²) in [6.45, 7) is 7.76. The van der Waals surface area contributed by atoms with Gasteiger partial charge in [0.05, 0.1) is 44.5 Å². The lowest BCUT2D eigenvalue weighted by atomic mass is 9.96.